The molecule has 0 unspecified atom stereocenters. The summed E-state index contributed by atoms with van der Waals surface area (Å²) in [6, 6.07) is 7.35. The van der Waals surface area contributed by atoms with E-state index in [-0.39, 0.29) is 12.3 Å². The second kappa shape index (κ2) is 12.4. The van der Waals surface area contributed by atoms with E-state index < -0.39 is 5.92 Å². The van der Waals surface area contributed by atoms with Gasteiger partial charge in [0, 0.05) is 18.0 Å². The lowest BCUT2D eigenvalue weighted by molar-refractivity contribution is -0.208. The summed E-state index contributed by atoms with van der Waals surface area (Å²) in [7, 11) is 0. The van der Waals surface area contributed by atoms with Gasteiger partial charge in [-0.15, -0.1) is 0 Å². The van der Waals surface area contributed by atoms with Gasteiger partial charge in [-0.25, -0.2) is 9.97 Å². The monoisotopic (exact) mass is 466 g/mol. The van der Waals surface area contributed by atoms with Gasteiger partial charge in [0.05, 0.1) is 13.2 Å². The Morgan fingerprint density at radius 2 is 1.65 bits per heavy atom. The van der Waals surface area contributed by atoms with E-state index in [1.165, 1.54) is 44.1 Å². The molecule has 2 fully saturated rings. The maximum atomic E-state index is 12.5. The van der Waals surface area contributed by atoms with Crippen LogP contribution in [0.2, 0.25) is 0 Å². The number of esters is 1. The Kier molecular flexibility index (Phi) is 9.05. The van der Waals surface area contributed by atoms with Crippen molar-refractivity contribution in [3.05, 3.63) is 42.2 Å². The Hall–Kier alpha value is -2.31. The number of hydrogen-bond donors (Lipinski definition) is 0. The van der Waals surface area contributed by atoms with Crippen molar-refractivity contribution in [2.45, 2.75) is 83.8 Å². The van der Waals surface area contributed by atoms with Gasteiger partial charge in [-0.05, 0) is 80.2 Å². The highest BCUT2D eigenvalue weighted by atomic mass is 16.7. The highest BCUT2D eigenvalue weighted by Gasteiger charge is 2.29. The molecular weight excluding hydrogens is 428 g/mol. The number of ether oxygens (including phenoxy) is 3. The molecule has 1 aliphatic heterocycles. The SMILES string of the molecule is CCCCCC1OCC(C(=O)Oc2ccc(-c3ncc([C@H]4CC[C@H](CC)CC4)cn3)cc2)CO1. The molecule has 4 rings (SSSR count). The zero-order valence-electron chi connectivity index (χ0n) is 20.6. The Morgan fingerprint density at radius 3 is 2.26 bits per heavy atom. The smallest absolute Gasteiger partial charge is 0.319 e. The largest absolute Gasteiger partial charge is 0.426 e. The maximum Gasteiger partial charge on any atom is 0.319 e. The summed E-state index contributed by atoms with van der Waals surface area (Å²) < 4.78 is 17.0. The van der Waals surface area contributed by atoms with E-state index in [0.29, 0.717) is 30.7 Å². The van der Waals surface area contributed by atoms with Crippen molar-refractivity contribution in [2.24, 2.45) is 11.8 Å². The maximum absolute atomic E-state index is 12.5. The highest BCUT2D eigenvalue weighted by Crippen LogP contribution is 2.36. The van der Waals surface area contributed by atoms with Crippen LogP contribution in [0.15, 0.2) is 36.7 Å². The first-order valence-electron chi connectivity index (χ1n) is 13.0. The van der Waals surface area contributed by atoms with Crippen LogP contribution < -0.4 is 4.74 Å². The second-order valence-corrected chi connectivity index (χ2v) is 9.70. The topological polar surface area (TPSA) is 70.5 Å². The van der Waals surface area contributed by atoms with Crippen LogP contribution >= 0.6 is 0 Å². The quantitative estimate of drug-likeness (QED) is 0.245. The minimum absolute atomic E-state index is 0.201. The van der Waals surface area contributed by atoms with Gasteiger partial charge in [0.1, 0.15) is 11.7 Å². The van der Waals surface area contributed by atoms with Gasteiger partial charge in [0.15, 0.2) is 12.1 Å². The van der Waals surface area contributed by atoms with Crippen molar-refractivity contribution in [1.82, 2.24) is 9.97 Å². The minimum Gasteiger partial charge on any atom is -0.426 e. The Labute approximate surface area is 203 Å². The minimum atomic E-state index is -0.398. The van der Waals surface area contributed by atoms with Crippen LogP contribution in [0.3, 0.4) is 0 Å². The predicted octanol–water partition coefficient (Wildman–Crippen LogP) is 6.30. The van der Waals surface area contributed by atoms with Gasteiger partial charge in [0.25, 0.3) is 0 Å². The first kappa shape index (κ1) is 24.8. The number of carbonyl (C=O) groups is 1. The third-order valence-corrected chi connectivity index (χ3v) is 7.24. The second-order valence-electron chi connectivity index (χ2n) is 9.70. The van der Waals surface area contributed by atoms with Crippen molar-refractivity contribution in [2.75, 3.05) is 13.2 Å². The van der Waals surface area contributed by atoms with Crippen LogP contribution in [0, 0.1) is 11.8 Å². The lowest BCUT2D eigenvalue weighted by Gasteiger charge is -2.28. The molecule has 1 aromatic carbocycles. The number of benzene rings is 1. The first-order chi connectivity index (χ1) is 16.7. The van der Waals surface area contributed by atoms with Crippen LogP contribution in [0.25, 0.3) is 11.4 Å². The number of unbranched alkanes of at least 4 members (excludes halogenated alkanes) is 2. The van der Waals surface area contributed by atoms with Crippen molar-refractivity contribution in [3.8, 4) is 17.1 Å². The molecule has 2 heterocycles. The zero-order chi connectivity index (χ0) is 23.8. The Morgan fingerprint density at radius 1 is 0.971 bits per heavy atom. The van der Waals surface area contributed by atoms with E-state index >= 15 is 0 Å². The van der Waals surface area contributed by atoms with Gasteiger partial charge >= 0.3 is 5.97 Å². The molecule has 2 aliphatic rings. The van der Waals surface area contributed by atoms with Crippen molar-refractivity contribution >= 4 is 5.97 Å². The van der Waals surface area contributed by atoms with E-state index in [0.717, 1.165) is 30.7 Å². The summed E-state index contributed by atoms with van der Waals surface area (Å²) >= 11 is 0. The summed E-state index contributed by atoms with van der Waals surface area (Å²) in [5, 5.41) is 0. The van der Waals surface area contributed by atoms with E-state index in [1.807, 2.05) is 24.5 Å². The molecule has 2 aromatic rings. The normalized spacial score (nSPS) is 25.1. The van der Waals surface area contributed by atoms with E-state index in [2.05, 4.69) is 23.8 Å². The average Bonchev–Trinajstić information content (AvgIpc) is 2.90. The van der Waals surface area contributed by atoms with Gasteiger partial charge in [0.2, 0.25) is 0 Å². The lowest BCUT2D eigenvalue weighted by Crippen LogP contribution is -2.38. The third-order valence-electron chi connectivity index (χ3n) is 7.24. The molecule has 1 aromatic heterocycles. The van der Waals surface area contributed by atoms with Crippen LogP contribution in [0.4, 0.5) is 0 Å². The molecule has 0 radical (unpaired) electrons. The van der Waals surface area contributed by atoms with Crippen molar-refractivity contribution in [3.63, 3.8) is 0 Å². The van der Waals surface area contributed by atoms with Crippen molar-refractivity contribution < 1.29 is 19.0 Å². The number of carbonyl (C=O) groups excluding carboxylic acids is 1. The molecule has 0 amide bonds. The van der Waals surface area contributed by atoms with Crippen LogP contribution in [-0.4, -0.2) is 35.4 Å². The fourth-order valence-corrected chi connectivity index (χ4v) is 4.88. The number of rotatable bonds is 9. The molecule has 0 atom stereocenters. The van der Waals surface area contributed by atoms with Gasteiger partial charge in [-0.1, -0.05) is 33.1 Å². The predicted molar refractivity (Wildman–Crippen MR) is 131 cm³/mol. The molecule has 1 saturated carbocycles. The summed E-state index contributed by atoms with van der Waals surface area (Å²) in [4.78, 5) is 21.7. The fourth-order valence-electron chi connectivity index (χ4n) is 4.88. The molecule has 0 N–H and O–H groups in total. The highest BCUT2D eigenvalue weighted by molar-refractivity contribution is 5.75. The molecule has 1 saturated heterocycles. The zero-order valence-corrected chi connectivity index (χ0v) is 20.6. The summed E-state index contributed by atoms with van der Waals surface area (Å²) in [5.41, 5.74) is 2.15. The molecule has 0 spiro atoms. The van der Waals surface area contributed by atoms with Crippen LogP contribution in [-0.2, 0) is 14.3 Å². The van der Waals surface area contributed by atoms with E-state index in [1.54, 1.807) is 12.1 Å². The summed E-state index contributed by atoms with van der Waals surface area (Å²) in [6.07, 6.45) is 14.4. The Bertz CT molecular complexity index is 884. The number of hydrogen-bond acceptors (Lipinski definition) is 6. The summed E-state index contributed by atoms with van der Waals surface area (Å²) in [6.45, 7) is 5.14. The van der Waals surface area contributed by atoms with Gasteiger partial charge in [-0.3, -0.25) is 4.79 Å². The van der Waals surface area contributed by atoms with E-state index in [4.69, 9.17) is 14.2 Å². The molecule has 6 heteroatoms. The number of nitrogens with zero attached hydrogens (tertiary/aromatic N) is 2. The van der Waals surface area contributed by atoms with Gasteiger partial charge < -0.3 is 14.2 Å². The molecule has 184 valence electrons. The van der Waals surface area contributed by atoms with Crippen LogP contribution in [0.5, 0.6) is 5.75 Å². The van der Waals surface area contributed by atoms with Crippen LogP contribution in [0.1, 0.15) is 83.1 Å². The standard InChI is InChI=1S/C28H38N2O4/c1-3-5-6-7-26-32-18-24(19-33-26)28(31)34-25-14-12-22(13-15-25)27-29-16-23(17-30-27)21-10-8-20(4-2)9-11-21/h12-17,20-21,24,26H,3-11,18-19H2,1-2H3/t20-,21-,24?,26?. The molecule has 1 aliphatic carbocycles. The van der Waals surface area contributed by atoms with Crippen molar-refractivity contribution in [1.29, 1.82) is 0 Å². The first-order valence-corrected chi connectivity index (χ1v) is 13.0. The van der Waals surface area contributed by atoms with Gasteiger partial charge in [-0.2, -0.15) is 0 Å². The summed E-state index contributed by atoms with van der Waals surface area (Å²) in [5.74, 6) is 1.94. The molecule has 0 bridgehead atoms. The van der Waals surface area contributed by atoms with E-state index in [9.17, 15) is 4.79 Å². The number of aromatic nitrogens is 2. The molecule has 34 heavy (non-hydrogen) atoms. The average molecular weight is 467 g/mol. The fraction of sp³-hybridized carbons (Fsp3) is 0.607. The molecule has 6 nitrogen and oxygen atoms in total. The lowest BCUT2D eigenvalue weighted by atomic mass is 9.78. The Balaban J connectivity index is 1.26. The third kappa shape index (κ3) is 6.63. The molecular formula is C28H38N2O4.